The molecule has 0 fully saturated rings. The van der Waals surface area contributed by atoms with Crippen LogP contribution in [-0.4, -0.2) is 32.5 Å². The minimum Gasteiger partial charge on any atom is -0.543 e. The van der Waals surface area contributed by atoms with Crippen molar-refractivity contribution in [2.24, 2.45) is 5.92 Å². The molecule has 3 aromatic rings. The third-order valence-electron chi connectivity index (χ3n) is 10.5. The summed E-state index contributed by atoms with van der Waals surface area (Å²) in [6.07, 6.45) is 6.69. The number of fused-ring (bicyclic) bond motifs is 3. The number of aliphatic carboxylic acids is 1. The van der Waals surface area contributed by atoms with Gasteiger partial charge in [0.1, 0.15) is 5.75 Å². The van der Waals surface area contributed by atoms with E-state index in [-0.39, 0.29) is 11.0 Å². The number of halogens is 2. The molecule has 0 radical (unpaired) electrons. The van der Waals surface area contributed by atoms with Gasteiger partial charge in [-0.05, 0) is 108 Å². The topological polar surface area (TPSA) is 49.8 Å². The predicted octanol–water partition coefficient (Wildman–Crippen LogP) is 12.5. The van der Waals surface area contributed by atoms with Crippen molar-refractivity contribution < 1.29 is 14.3 Å². The van der Waals surface area contributed by atoms with Gasteiger partial charge in [0.15, 0.2) is 0 Å². The van der Waals surface area contributed by atoms with Gasteiger partial charge >= 0.3 is 5.97 Å². The van der Waals surface area contributed by atoms with E-state index in [2.05, 4.69) is 153 Å². The molecular weight excluding hydrogens is 730 g/mol. The van der Waals surface area contributed by atoms with Gasteiger partial charge in [0.25, 0.3) is 8.32 Å². The largest absolute Gasteiger partial charge is 0.543 e. The standard InChI is InChI=1S/C40H53Br2NO3Si/c1-10-13-21-43(22-14-11-2)29-17-20-32(37(25-29)46-47(8,9)39(4,5)6)33(26-38(44)45)34(12-3)40(7)35-23-27(41)15-18-30(35)31-19-16-28(42)24-36(31)40/h15-20,23-26,34H,10-14,21-22H2,1-9H3,(H,44,45)/b33-26-. The fraction of sp³-hybridized carbons (Fsp3) is 0.475. The zero-order chi connectivity index (χ0) is 34.7. The summed E-state index contributed by atoms with van der Waals surface area (Å²) >= 11 is 7.50. The first-order chi connectivity index (χ1) is 22.1. The van der Waals surface area contributed by atoms with E-state index in [1.807, 2.05) is 0 Å². The van der Waals surface area contributed by atoms with Gasteiger partial charge in [-0.1, -0.05) is 105 Å². The summed E-state index contributed by atoms with van der Waals surface area (Å²) < 4.78 is 9.22. The molecule has 3 aromatic carbocycles. The first-order valence-corrected chi connectivity index (χ1v) is 21.7. The molecule has 0 bridgehead atoms. The molecule has 1 unspecified atom stereocenters. The number of carboxylic acid groups (broad SMARTS) is 1. The van der Waals surface area contributed by atoms with Crippen LogP contribution >= 0.6 is 31.9 Å². The number of carboxylic acids is 1. The lowest BCUT2D eigenvalue weighted by Gasteiger charge is -2.40. The Kier molecular flexibility index (Phi) is 12.0. The molecule has 0 aromatic heterocycles. The number of nitrogens with zero attached hydrogens (tertiary/aromatic N) is 1. The lowest BCUT2D eigenvalue weighted by Crippen LogP contribution is -2.44. The van der Waals surface area contributed by atoms with Crippen molar-refractivity contribution in [1.29, 1.82) is 0 Å². The molecule has 1 N–H and O–H groups in total. The third-order valence-corrected chi connectivity index (χ3v) is 15.8. The molecule has 7 heteroatoms. The molecule has 1 aliphatic carbocycles. The number of unbranched alkanes of at least 4 members (excludes halogenated alkanes) is 2. The highest BCUT2D eigenvalue weighted by Gasteiger charge is 2.47. The van der Waals surface area contributed by atoms with Crippen molar-refractivity contribution in [3.05, 3.63) is 86.3 Å². The van der Waals surface area contributed by atoms with Crippen molar-refractivity contribution in [2.75, 3.05) is 18.0 Å². The average Bonchev–Trinajstić information content (AvgIpc) is 3.23. The number of allylic oxidation sites excluding steroid dienone is 1. The molecule has 1 atom stereocenters. The lowest BCUT2D eigenvalue weighted by atomic mass is 9.64. The Morgan fingerprint density at radius 2 is 1.45 bits per heavy atom. The first kappa shape index (κ1) is 37.5. The van der Waals surface area contributed by atoms with Gasteiger partial charge in [-0.15, -0.1) is 0 Å². The number of carbonyl (C=O) groups is 1. The predicted molar refractivity (Wildman–Crippen MR) is 209 cm³/mol. The van der Waals surface area contributed by atoms with Crippen LogP contribution in [0.3, 0.4) is 0 Å². The number of hydrogen-bond acceptors (Lipinski definition) is 3. The molecule has 0 spiro atoms. The Labute approximate surface area is 301 Å². The highest BCUT2D eigenvalue weighted by Crippen LogP contribution is 2.58. The molecule has 0 amide bonds. The minimum atomic E-state index is -2.30. The summed E-state index contributed by atoms with van der Waals surface area (Å²) in [5, 5.41) is 10.4. The molecule has 0 saturated heterocycles. The quantitative estimate of drug-likeness (QED) is 0.131. The van der Waals surface area contributed by atoms with Crippen LogP contribution in [-0.2, 0) is 10.2 Å². The fourth-order valence-corrected chi connectivity index (χ4v) is 8.59. The second-order valence-electron chi connectivity index (χ2n) is 14.7. The summed E-state index contributed by atoms with van der Waals surface area (Å²) in [7, 11) is -2.30. The number of hydrogen-bond donors (Lipinski definition) is 1. The van der Waals surface area contributed by atoms with Crippen LogP contribution in [0.25, 0.3) is 16.7 Å². The van der Waals surface area contributed by atoms with Crippen LogP contribution in [0.1, 0.15) is 97.3 Å². The third kappa shape index (κ3) is 7.78. The molecule has 254 valence electrons. The van der Waals surface area contributed by atoms with Gasteiger partial charge < -0.3 is 14.4 Å². The lowest BCUT2D eigenvalue weighted by molar-refractivity contribution is -0.131. The summed E-state index contributed by atoms with van der Waals surface area (Å²) in [4.78, 5) is 15.2. The Morgan fingerprint density at radius 1 is 0.915 bits per heavy atom. The van der Waals surface area contributed by atoms with Gasteiger partial charge in [0.05, 0.1) is 0 Å². The van der Waals surface area contributed by atoms with E-state index >= 15 is 0 Å². The molecular formula is C40H53Br2NO3Si. The van der Waals surface area contributed by atoms with Crippen LogP contribution < -0.4 is 9.33 Å². The van der Waals surface area contributed by atoms with Gasteiger partial charge in [0, 0.05) is 50.8 Å². The van der Waals surface area contributed by atoms with Gasteiger partial charge in [-0.3, -0.25) is 0 Å². The fourth-order valence-electron chi connectivity index (χ4n) is 6.85. The van der Waals surface area contributed by atoms with Crippen LogP contribution in [0, 0.1) is 5.92 Å². The Hall–Kier alpha value is -2.35. The smallest absolute Gasteiger partial charge is 0.328 e. The normalized spacial score (nSPS) is 14.8. The SMILES string of the molecule is CCCCN(CCCC)c1ccc(/C(=C/C(=O)O)C(CC)C2(C)c3cc(Br)ccc3-c3ccc(Br)cc32)c(O[Si](C)(C)C(C)(C)C)c1. The molecule has 4 nitrogen and oxygen atoms in total. The maximum Gasteiger partial charge on any atom is 0.328 e. The average molecular weight is 784 g/mol. The van der Waals surface area contributed by atoms with Crippen molar-refractivity contribution >= 4 is 57.4 Å². The van der Waals surface area contributed by atoms with E-state index in [1.54, 1.807) is 0 Å². The molecule has 4 rings (SSSR count). The minimum absolute atomic E-state index is 0.0287. The summed E-state index contributed by atoms with van der Waals surface area (Å²) in [6, 6.07) is 19.5. The monoisotopic (exact) mass is 781 g/mol. The summed E-state index contributed by atoms with van der Waals surface area (Å²) in [5.41, 5.74) is 7.13. The van der Waals surface area contributed by atoms with Gasteiger partial charge in [0.2, 0.25) is 0 Å². The van der Waals surface area contributed by atoms with E-state index in [0.29, 0.717) is 0 Å². The van der Waals surface area contributed by atoms with Crippen molar-refractivity contribution in [2.45, 2.75) is 104 Å². The van der Waals surface area contributed by atoms with Gasteiger partial charge in [-0.25, -0.2) is 4.79 Å². The Balaban J connectivity index is 2.00. The van der Waals surface area contributed by atoms with Crippen LogP contribution in [0.15, 0.2) is 69.6 Å². The van der Waals surface area contributed by atoms with E-state index < -0.39 is 19.7 Å². The number of anilines is 1. The molecule has 0 heterocycles. The molecule has 1 aliphatic rings. The first-order valence-electron chi connectivity index (χ1n) is 17.2. The molecule has 0 saturated carbocycles. The van der Waals surface area contributed by atoms with E-state index in [1.165, 1.54) is 28.3 Å². The maximum atomic E-state index is 12.8. The maximum absolute atomic E-state index is 12.8. The summed E-state index contributed by atoms with van der Waals surface area (Å²) in [6.45, 7) is 22.2. The highest BCUT2D eigenvalue weighted by atomic mass is 79.9. The second-order valence-corrected chi connectivity index (χ2v) is 21.3. The molecule has 0 aliphatic heterocycles. The zero-order valence-corrected chi connectivity index (χ0v) is 33.9. The number of benzene rings is 3. The number of rotatable bonds is 14. The Morgan fingerprint density at radius 3 is 1.89 bits per heavy atom. The second kappa shape index (κ2) is 15.0. The zero-order valence-electron chi connectivity index (χ0n) is 29.8. The van der Waals surface area contributed by atoms with E-state index in [0.717, 1.165) is 76.7 Å². The van der Waals surface area contributed by atoms with E-state index in [4.69, 9.17) is 4.43 Å². The highest BCUT2D eigenvalue weighted by molar-refractivity contribution is 9.10. The van der Waals surface area contributed by atoms with Crippen molar-refractivity contribution in [1.82, 2.24) is 0 Å². The van der Waals surface area contributed by atoms with Crippen LogP contribution in [0.5, 0.6) is 5.75 Å². The van der Waals surface area contributed by atoms with E-state index in [9.17, 15) is 9.90 Å². The van der Waals surface area contributed by atoms with Gasteiger partial charge in [-0.2, -0.15) is 0 Å². The Bertz CT molecular complexity index is 1560. The molecule has 47 heavy (non-hydrogen) atoms. The summed E-state index contributed by atoms with van der Waals surface area (Å²) in [5.74, 6) is -0.298. The van der Waals surface area contributed by atoms with Crippen LogP contribution in [0.2, 0.25) is 18.1 Å². The van der Waals surface area contributed by atoms with Crippen molar-refractivity contribution in [3.8, 4) is 16.9 Å². The van der Waals surface area contributed by atoms with Crippen LogP contribution in [0.4, 0.5) is 5.69 Å². The van der Waals surface area contributed by atoms with Crippen molar-refractivity contribution in [3.63, 3.8) is 0 Å².